The van der Waals surface area contributed by atoms with Crippen LogP contribution >= 0.6 is 11.8 Å². The van der Waals surface area contributed by atoms with Gasteiger partial charge in [-0.15, -0.1) is 6.42 Å². The van der Waals surface area contributed by atoms with Crippen molar-refractivity contribution in [1.29, 1.82) is 0 Å². The molecule has 1 saturated carbocycles. The zero-order chi connectivity index (χ0) is 10.2. The number of thioether (sulfide) groups is 1. The SMILES string of the molecule is C#CC(CSC1CCCC1)NCCC. The van der Waals surface area contributed by atoms with Gasteiger partial charge in [-0.3, -0.25) is 0 Å². The maximum Gasteiger partial charge on any atom is 0.0778 e. The molecule has 1 fully saturated rings. The van der Waals surface area contributed by atoms with Gasteiger partial charge in [0, 0.05) is 11.0 Å². The topological polar surface area (TPSA) is 12.0 Å². The van der Waals surface area contributed by atoms with Gasteiger partial charge in [-0.1, -0.05) is 25.7 Å². The van der Waals surface area contributed by atoms with Crippen molar-refractivity contribution in [2.24, 2.45) is 0 Å². The monoisotopic (exact) mass is 211 g/mol. The van der Waals surface area contributed by atoms with E-state index in [0.717, 1.165) is 24.0 Å². The minimum Gasteiger partial charge on any atom is -0.303 e. The molecule has 1 nitrogen and oxygen atoms in total. The summed E-state index contributed by atoms with van der Waals surface area (Å²) in [7, 11) is 0. The van der Waals surface area contributed by atoms with E-state index < -0.39 is 0 Å². The molecule has 0 amide bonds. The van der Waals surface area contributed by atoms with Crippen molar-refractivity contribution in [3.8, 4) is 12.3 Å². The van der Waals surface area contributed by atoms with Gasteiger partial charge in [-0.2, -0.15) is 11.8 Å². The number of hydrogen-bond donors (Lipinski definition) is 1. The van der Waals surface area contributed by atoms with E-state index in [1.54, 1.807) is 0 Å². The molecule has 80 valence electrons. The second-order valence-corrected chi connectivity index (χ2v) is 5.25. The van der Waals surface area contributed by atoms with Crippen LogP contribution in [0.25, 0.3) is 0 Å². The second kappa shape index (κ2) is 7.20. The zero-order valence-electron chi connectivity index (χ0n) is 9.09. The summed E-state index contributed by atoms with van der Waals surface area (Å²) in [5, 5.41) is 4.27. The lowest BCUT2D eigenvalue weighted by Gasteiger charge is -2.14. The quantitative estimate of drug-likeness (QED) is 0.678. The number of hydrogen-bond acceptors (Lipinski definition) is 2. The largest absolute Gasteiger partial charge is 0.303 e. The minimum atomic E-state index is 0.278. The van der Waals surface area contributed by atoms with E-state index in [0.29, 0.717) is 0 Å². The highest BCUT2D eigenvalue weighted by Crippen LogP contribution is 2.29. The molecule has 2 heteroatoms. The van der Waals surface area contributed by atoms with Crippen LogP contribution in [0.3, 0.4) is 0 Å². The summed E-state index contributed by atoms with van der Waals surface area (Å²) in [4.78, 5) is 0. The van der Waals surface area contributed by atoms with E-state index in [2.05, 4.69) is 29.9 Å². The second-order valence-electron chi connectivity index (χ2n) is 3.91. The molecule has 1 aliphatic rings. The van der Waals surface area contributed by atoms with Crippen LogP contribution in [0.15, 0.2) is 0 Å². The smallest absolute Gasteiger partial charge is 0.0778 e. The molecule has 0 radical (unpaired) electrons. The summed E-state index contributed by atoms with van der Waals surface area (Å²) >= 11 is 2.06. The van der Waals surface area contributed by atoms with E-state index in [4.69, 9.17) is 6.42 Å². The Hall–Kier alpha value is -0.130. The molecule has 1 unspecified atom stereocenters. The molecule has 0 aromatic rings. The highest BCUT2D eigenvalue weighted by atomic mass is 32.2. The molecule has 0 bridgehead atoms. The number of nitrogens with one attached hydrogen (secondary N) is 1. The highest BCUT2D eigenvalue weighted by Gasteiger charge is 2.16. The molecule has 1 aliphatic carbocycles. The molecule has 14 heavy (non-hydrogen) atoms. The van der Waals surface area contributed by atoms with Crippen molar-refractivity contribution in [2.75, 3.05) is 12.3 Å². The van der Waals surface area contributed by atoms with Crippen LogP contribution < -0.4 is 5.32 Å². The third kappa shape index (κ3) is 4.39. The predicted molar refractivity (Wildman–Crippen MR) is 65.6 cm³/mol. The van der Waals surface area contributed by atoms with Crippen molar-refractivity contribution in [1.82, 2.24) is 5.32 Å². The Bertz CT molecular complexity index is 179. The van der Waals surface area contributed by atoms with Gasteiger partial charge < -0.3 is 5.32 Å². The zero-order valence-corrected chi connectivity index (χ0v) is 9.91. The Kier molecular flexibility index (Phi) is 6.14. The first kappa shape index (κ1) is 11.9. The maximum absolute atomic E-state index is 5.47. The van der Waals surface area contributed by atoms with E-state index in [1.165, 1.54) is 25.7 Å². The third-order valence-electron chi connectivity index (χ3n) is 2.64. The van der Waals surface area contributed by atoms with Gasteiger partial charge in [0.1, 0.15) is 0 Å². The lowest BCUT2D eigenvalue weighted by atomic mass is 10.3. The lowest BCUT2D eigenvalue weighted by molar-refractivity contribution is 0.641. The highest BCUT2D eigenvalue weighted by molar-refractivity contribution is 7.99. The van der Waals surface area contributed by atoms with Crippen molar-refractivity contribution in [2.45, 2.75) is 50.3 Å². The first-order chi connectivity index (χ1) is 6.86. The van der Waals surface area contributed by atoms with Crippen molar-refractivity contribution >= 4 is 11.8 Å². The van der Waals surface area contributed by atoms with Crippen molar-refractivity contribution in [3.05, 3.63) is 0 Å². The first-order valence-electron chi connectivity index (χ1n) is 5.68. The first-order valence-corrected chi connectivity index (χ1v) is 6.72. The molecule has 0 spiro atoms. The number of rotatable bonds is 6. The van der Waals surface area contributed by atoms with Crippen LogP contribution in [0, 0.1) is 12.3 Å². The molecule has 0 heterocycles. The van der Waals surface area contributed by atoms with Gasteiger partial charge in [-0.25, -0.2) is 0 Å². The summed E-state index contributed by atoms with van der Waals surface area (Å²) in [6.07, 6.45) is 12.3. The Morgan fingerprint density at radius 3 is 2.79 bits per heavy atom. The fraction of sp³-hybridized carbons (Fsp3) is 0.833. The Morgan fingerprint density at radius 2 is 2.21 bits per heavy atom. The summed E-state index contributed by atoms with van der Waals surface area (Å²) in [6.45, 7) is 3.21. The van der Waals surface area contributed by atoms with E-state index in [-0.39, 0.29) is 6.04 Å². The van der Waals surface area contributed by atoms with Gasteiger partial charge >= 0.3 is 0 Å². The standard InChI is InChI=1S/C12H21NS/c1-3-9-13-11(4-2)10-14-12-7-5-6-8-12/h2,11-13H,3,5-10H2,1H3. The van der Waals surface area contributed by atoms with E-state index >= 15 is 0 Å². The Balaban J connectivity index is 2.10. The van der Waals surface area contributed by atoms with E-state index in [9.17, 15) is 0 Å². The normalized spacial score (nSPS) is 19.4. The van der Waals surface area contributed by atoms with Gasteiger partial charge in [0.2, 0.25) is 0 Å². The van der Waals surface area contributed by atoms with Crippen LogP contribution in [0.2, 0.25) is 0 Å². The van der Waals surface area contributed by atoms with Crippen LogP contribution in [0.5, 0.6) is 0 Å². The molecule has 1 N–H and O–H groups in total. The molecule has 1 atom stereocenters. The minimum absolute atomic E-state index is 0.278. The van der Waals surface area contributed by atoms with Crippen LogP contribution in [-0.4, -0.2) is 23.6 Å². The molecule has 0 aromatic carbocycles. The van der Waals surface area contributed by atoms with Crippen LogP contribution in [0.1, 0.15) is 39.0 Å². The molecule has 1 rings (SSSR count). The average Bonchev–Trinajstić information content (AvgIpc) is 2.71. The summed E-state index contributed by atoms with van der Waals surface area (Å²) in [5.74, 6) is 3.91. The van der Waals surface area contributed by atoms with Crippen molar-refractivity contribution in [3.63, 3.8) is 0 Å². The lowest BCUT2D eigenvalue weighted by Crippen LogP contribution is -2.31. The van der Waals surface area contributed by atoms with Crippen LogP contribution in [-0.2, 0) is 0 Å². The summed E-state index contributed by atoms with van der Waals surface area (Å²) < 4.78 is 0. The molecule has 0 aliphatic heterocycles. The van der Waals surface area contributed by atoms with Crippen LogP contribution in [0.4, 0.5) is 0 Å². The van der Waals surface area contributed by atoms with Gasteiger partial charge in [0.15, 0.2) is 0 Å². The fourth-order valence-electron chi connectivity index (χ4n) is 1.77. The Morgan fingerprint density at radius 1 is 1.50 bits per heavy atom. The number of terminal acetylenes is 1. The average molecular weight is 211 g/mol. The molecular weight excluding hydrogens is 190 g/mol. The molecule has 0 aromatic heterocycles. The van der Waals surface area contributed by atoms with Gasteiger partial charge in [0.25, 0.3) is 0 Å². The van der Waals surface area contributed by atoms with E-state index in [1.807, 2.05) is 0 Å². The maximum atomic E-state index is 5.47. The van der Waals surface area contributed by atoms with Gasteiger partial charge in [-0.05, 0) is 25.8 Å². The third-order valence-corrected chi connectivity index (χ3v) is 4.11. The molecular formula is C12H21NS. The van der Waals surface area contributed by atoms with Crippen molar-refractivity contribution < 1.29 is 0 Å². The predicted octanol–water partition coefficient (Wildman–Crippen LogP) is 2.66. The fourth-order valence-corrected chi connectivity index (χ4v) is 3.12. The summed E-state index contributed by atoms with van der Waals surface area (Å²) in [6, 6.07) is 0.278. The molecule has 0 saturated heterocycles. The Labute approximate surface area is 92.4 Å². The van der Waals surface area contributed by atoms with Gasteiger partial charge in [0.05, 0.1) is 6.04 Å². The summed E-state index contributed by atoms with van der Waals surface area (Å²) in [5.41, 5.74) is 0.